The van der Waals surface area contributed by atoms with E-state index < -0.39 is 28.9 Å². The van der Waals surface area contributed by atoms with Gasteiger partial charge in [0.05, 0.1) is 26.2 Å². The molecule has 0 aliphatic rings. The molecule has 0 saturated heterocycles. The molecule has 1 unspecified atom stereocenters. The summed E-state index contributed by atoms with van der Waals surface area (Å²) in [6.45, 7) is 0.624. The summed E-state index contributed by atoms with van der Waals surface area (Å²) in [6.07, 6.45) is 0.0395. The first-order valence-electron chi connectivity index (χ1n) is 9.67. The number of hydrogen-bond acceptors (Lipinski definition) is 10. The Morgan fingerprint density at radius 1 is 0.906 bits per heavy atom. The number of rotatable bonds is 11. The second-order valence-electron chi connectivity index (χ2n) is 6.54. The molecule has 11 nitrogen and oxygen atoms in total. The van der Waals surface area contributed by atoms with Gasteiger partial charge in [-0.1, -0.05) is 24.3 Å². The summed E-state index contributed by atoms with van der Waals surface area (Å²) in [6, 6.07) is 11.2. The first-order valence-corrected chi connectivity index (χ1v) is 9.67. The number of methoxy groups -OCH3 is 1. The standard InChI is InChI=1S/C21H23NO10/c1-14(15-4-5-17-13-18(28-2)7-6-16(17)12-15)19(23)30-10-11-31-21(25)20(24)29-8-3-9-32-22(26)27/h4-7,12-14H,3,8-11H2,1-2H3. The fourth-order valence-corrected chi connectivity index (χ4v) is 2.66. The maximum Gasteiger partial charge on any atom is 0.417 e. The molecule has 11 heteroatoms. The Bertz CT molecular complexity index is 974. The molecule has 0 spiro atoms. The molecule has 0 aliphatic carbocycles. The van der Waals surface area contributed by atoms with Gasteiger partial charge in [0.25, 0.3) is 5.09 Å². The van der Waals surface area contributed by atoms with Crippen molar-refractivity contribution >= 4 is 28.7 Å². The second kappa shape index (κ2) is 12.1. The van der Waals surface area contributed by atoms with E-state index in [0.717, 1.165) is 22.1 Å². The van der Waals surface area contributed by atoms with Gasteiger partial charge >= 0.3 is 17.9 Å². The molecule has 0 bridgehead atoms. The van der Waals surface area contributed by atoms with E-state index in [-0.39, 0.29) is 32.8 Å². The molecule has 0 amide bonds. The number of esters is 3. The first kappa shape index (κ1) is 24.4. The number of benzene rings is 2. The van der Waals surface area contributed by atoms with Gasteiger partial charge in [-0.3, -0.25) is 4.79 Å². The highest BCUT2D eigenvalue weighted by Crippen LogP contribution is 2.25. The second-order valence-corrected chi connectivity index (χ2v) is 6.54. The average Bonchev–Trinajstić information content (AvgIpc) is 2.79. The van der Waals surface area contributed by atoms with Crippen molar-refractivity contribution < 1.29 is 43.3 Å². The van der Waals surface area contributed by atoms with Crippen LogP contribution in [0.1, 0.15) is 24.8 Å². The van der Waals surface area contributed by atoms with Gasteiger partial charge in [0, 0.05) is 6.42 Å². The van der Waals surface area contributed by atoms with Crippen molar-refractivity contribution in [1.82, 2.24) is 0 Å². The maximum atomic E-state index is 12.3. The minimum atomic E-state index is -1.26. The van der Waals surface area contributed by atoms with Gasteiger partial charge in [0.15, 0.2) is 0 Å². The summed E-state index contributed by atoms with van der Waals surface area (Å²) >= 11 is 0. The predicted octanol–water partition coefficient (Wildman–Crippen LogP) is 2.18. The van der Waals surface area contributed by atoms with Gasteiger partial charge in [0.2, 0.25) is 0 Å². The van der Waals surface area contributed by atoms with Gasteiger partial charge in [0.1, 0.15) is 19.0 Å². The fourth-order valence-electron chi connectivity index (χ4n) is 2.66. The van der Waals surface area contributed by atoms with E-state index in [1.807, 2.05) is 36.4 Å². The van der Waals surface area contributed by atoms with Gasteiger partial charge in [-0.15, -0.1) is 10.1 Å². The molecule has 2 rings (SSSR count). The largest absolute Gasteiger partial charge is 0.497 e. The van der Waals surface area contributed by atoms with Crippen LogP contribution in [0.15, 0.2) is 36.4 Å². The monoisotopic (exact) mass is 449 g/mol. The van der Waals surface area contributed by atoms with E-state index in [4.69, 9.17) is 9.47 Å². The van der Waals surface area contributed by atoms with Crippen molar-refractivity contribution in [1.29, 1.82) is 0 Å². The summed E-state index contributed by atoms with van der Waals surface area (Å²) in [5, 5.41) is 10.9. The quantitative estimate of drug-likeness (QED) is 0.125. The van der Waals surface area contributed by atoms with Crippen LogP contribution in [-0.4, -0.2) is 56.5 Å². The van der Waals surface area contributed by atoms with Crippen LogP contribution in [0.4, 0.5) is 0 Å². The Morgan fingerprint density at radius 2 is 1.53 bits per heavy atom. The lowest BCUT2D eigenvalue weighted by Crippen LogP contribution is -2.24. The number of fused-ring (bicyclic) bond motifs is 1. The highest BCUT2D eigenvalue weighted by Gasteiger charge is 2.19. The molecule has 1 atom stereocenters. The van der Waals surface area contributed by atoms with Crippen LogP contribution in [0.25, 0.3) is 10.8 Å². The molecule has 0 aliphatic heterocycles. The van der Waals surface area contributed by atoms with E-state index in [9.17, 15) is 24.5 Å². The lowest BCUT2D eigenvalue weighted by molar-refractivity contribution is -0.757. The predicted molar refractivity (Wildman–Crippen MR) is 109 cm³/mol. The normalized spacial score (nSPS) is 11.3. The van der Waals surface area contributed by atoms with Crippen LogP contribution in [0, 0.1) is 10.1 Å². The molecule has 2 aromatic carbocycles. The number of carbonyl (C=O) groups excluding carboxylic acids is 3. The summed E-state index contributed by atoms with van der Waals surface area (Å²) in [5.41, 5.74) is 0.759. The van der Waals surface area contributed by atoms with Crippen molar-refractivity contribution in [3.05, 3.63) is 52.1 Å². The summed E-state index contributed by atoms with van der Waals surface area (Å²) in [4.78, 5) is 49.2. The van der Waals surface area contributed by atoms with Crippen LogP contribution in [0.5, 0.6) is 5.75 Å². The molecule has 0 N–H and O–H groups in total. The number of nitrogens with zero attached hydrogens (tertiary/aromatic N) is 1. The van der Waals surface area contributed by atoms with Crippen molar-refractivity contribution in [3.8, 4) is 5.75 Å². The lowest BCUT2D eigenvalue weighted by atomic mass is 9.98. The minimum absolute atomic E-state index is 0.0395. The average molecular weight is 449 g/mol. The fraction of sp³-hybridized carbons (Fsp3) is 0.381. The van der Waals surface area contributed by atoms with Crippen LogP contribution >= 0.6 is 0 Å². The summed E-state index contributed by atoms with van der Waals surface area (Å²) in [5.74, 6) is -2.83. The molecular weight excluding hydrogens is 426 g/mol. The highest BCUT2D eigenvalue weighted by atomic mass is 16.9. The Morgan fingerprint density at radius 3 is 2.22 bits per heavy atom. The zero-order valence-corrected chi connectivity index (χ0v) is 17.6. The molecule has 0 fully saturated rings. The number of ether oxygens (including phenoxy) is 4. The number of hydrogen-bond donors (Lipinski definition) is 0. The maximum absolute atomic E-state index is 12.3. The third-order valence-corrected chi connectivity index (χ3v) is 4.37. The van der Waals surface area contributed by atoms with Crippen LogP contribution in [0.2, 0.25) is 0 Å². The Labute approximate surface area is 183 Å². The molecule has 0 radical (unpaired) electrons. The van der Waals surface area contributed by atoms with E-state index in [0.29, 0.717) is 0 Å². The Kier molecular flexibility index (Phi) is 9.21. The van der Waals surface area contributed by atoms with Crippen molar-refractivity contribution in [2.24, 2.45) is 0 Å². The lowest BCUT2D eigenvalue weighted by Gasteiger charge is -2.13. The van der Waals surface area contributed by atoms with E-state index in [1.54, 1.807) is 14.0 Å². The van der Waals surface area contributed by atoms with Crippen molar-refractivity contribution in [3.63, 3.8) is 0 Å². The number of carbonyl (C=O) groups is 3. The van der Waals surface area contributed by atoms with Crippen molar-refractivity contribution in [2.75, 3.05) is 33.5 Å². The van der Waals surface area contributed by atoms with Gasteiger partial charge < -0.3 is 23.8 Å². The van der Waals surface area contributed by atoms with Crippen molar-refractivity contribution in [2.45, 2.75) is 19.3 Å². The van der Waals surface area contributed by atoms with E-state index >= 15 is 0 Å². The zero-order valence-electron chi connectivity index (χ0n) is 17.6. The minimum Gasteiger partial charge on any atom is -0.497 e. The summed E-state index contributed by atoms with van der Waals surface area (Å²) in [7, 11) is 1.59. The molecular formula is C21H23NO10. The third kappa shape index (κ3) is 7.42. The van der Waals surface area contributed by atoms with Gasteiger partial charge in [-0.2, -0.15) is 0 Å². The smallest absolute Gasteiger partial charge is 0.417 e. The van der Waals surface area contributed by atoms with E-state index in [1.165, 1.54) is 0 Å². The molecule has 0 saturated carbocycles. The molecule has 32 heavy (non-hydrogen) atoms. The molecule has 172 valence electrons. The highest BCUT2D eigenvalue weighted by molar-refractivity contribution is 6.29. The van der Waals surface area contributed by atoms with Gasteiger partial charge in [-0.25, -0.2) is 9.59 Å². The molecule has 0 heterocycles. The summed E-state index contributed by atoms with van der Waals surface area (Å²) < 4.78 is 19.5. The van der Waals surface area contributed by atoms with Crippen LogP contribution < -0.4 is 4.74 Å². The topological polar surface area (TPSA) is 141 Å². The Hall–Kier alpha value is -3.89. The molecule has 2 aromatic rings. The Balaban J connectivity index is 1.72. The molecule has 0 aromatic heterocycles. The first-order chi connectivity index (χ1) is 15.3. The SMILES string of the molecule is COc1ccc2cc(C(C)C(=O)OCCOC(=O)C(=O)OCCCO[N+](=O)[O-])ccc2c1. The van der Waals surface area contributed by atoms with Crippen LogP contribution in [0.3, 0.4) is 0 Å². The van der Waals surface area contributed by atoms with E-state index in [2.05, 4.69) is 14.3 Å². The zero-order chi connectivity index (χ0) is 23.5. The van der Waals surface area contributed by atoms with Crippen LogP contribution in [-0.2, 0) is 33.4 Å². The van der Waals surface area contributed by atoms with Gasteiger partial charge in [-0.05, 0) is 35.4 Å². The third-order valence-electron chi connectivity index (χ3n) is 4.37.